The standard InChI is InChI=1S/C14H12O2S/c15-13(7-10-5-6-16-8-10)12-9-17-14-4-2-1-3-11(12)14/h1-6,8,12H,7,9H2. The molecule has 2 nitrogen and oxygen atoms in total. The van der Waals surface area contributed by atoms with Gasteiger partial charge in [0.15, 0.2) is 0 Å². The third-order valence-electron chi connectivity index (χ3n) is 3.05. The van der Waals surface area contributed by atoms with Gasteiger partial charge < -0.3 is 4.42 Å². The van der Waals surface area contributed by atoms with Crippen LogP contribution >= 0.6 is 11.8 Å². The van der Waals surface area contributed by atoms with E-state index in [4.69, 9.17) is 4.42 Å². The lowest BCUT2D eigenvalue weighted by atomic mass is 9.93. The fourth-order valence-electron chi connectivity index (χ4n) is 2.15. The van der Waals surface area contributed by atoms with E-state index >= 15 is 0 Å². The summed E-state index contributed by atoms with van der Waals surface area (Å²) in [7, 11) is 0. The molecule has 0 radical (unpaired) electrons. The van der Waals surface area contributed by atoms with Gasteiger partial charge in [-0.05, 0) is 23.3 Å². The van der Waals surface area contributed by atoms with Crippen molar-refractivity contribution in [3.63, 3.8) is 0 Å². The molecule has 1 aliphatic rings. The van der Waals surface area contributed by atoms with Crippen molar-refractivity contribution in [3.8, 4) is 0 Å². The molecule has 1 unspecified atom stereocenters. The van der Waals surface area contributed by atoms with Crippen molar-refractivity contribution < 1.29 is 9.21 Å². The maximum Gasteiger partial charge on any atom is 0.145 e. The van der Waals surface area contributed by atoms with Crippen molar-refractivity contribution in [2.45, 2.75) is 17.2 Å². The first-order valence-corrected chi connectivity index (χ1v) is 6.58. The third-order valence-corrected chi connectivity index (χ3v) is 4.23. The predicted molar refractivity (Wildman–Crippen MR) is 67.3 cm³/mol. The van der Waals surface area contributed by atoms with Gasteiger partial charge in [-0.3, -0.25) is 4.79 Å². The number of ketones is 1. The summed E-state index contributed by atoms with van der Waals surface area (Å²) in [5.74, 6) is 1.20. The van der Waals surface area contributed by atoms with Crippen LogP contribution in [0, 0.1) is 0 Å². The minimum Gasteiger partial charge on any atom is -0.472 e. The number of carbonyl (C=O) groups excluding carboxylic acids is 1. The van der Waals surface area contributed by atoms with Gasteiger partial charge in [-0.25, -0.2) is 0 Å². The average Bonchev–Trinajstić information content (AvgIpc) is 2.96. The van der Waals surface area contributed by atoms with Gasteiger partial charge >= 0.3 is 0 Å². The van der Waals surface area contributed by atoms with E-state index in [0.29, 0.717) is 6.42 Å². The van der Waals surface area contributed by atoms with E-state index in [0.717, 1.165) is 11.3 Å². The first-order chi connectivity index (χ1) is 8.34. The van der Waals surface area contributed by atoms with Crippen molar-refractivity contribution >= 4 is 17.5 Å². The minimum absolute atomic E-state index is 0.0473. The number of Topliss-reactive ketones (excluding diaryl/α,β-unsaturated/α-hetero) is 1. The molecule has 3 rings (SSSR count). The number of carbonyl (C=O) groups is 1. The molecular weight excluding hydrogens is 232 g/mol. The maximum atomic E-state index is 12.2. The summed E-state index contributed by atoms with van der Waals surface area (Å²) in [6.45, 7) is 0. The quantitative estimate of drug-likeness (QED) is 0.830. The highest BCUT2D eigenvalue weighted by molar-refractivity contribution is 7.99. The van der Waals surface area contributed by atoms with Gasteiger partial charge in [-0.15, -0.1) is 11.8 Å². The monoisotopic (exact) mass is 244 g/mol. The van der Waals surface area contributed by atoms with Gasteiger partial charge in [-0.1, -0.05) is 18.2 Å². The molecule has 3 heteroatoms. The second-order valence-corrected chi connectivity index (χ2v) is 5.24. The van der Waals surface area contributed by atoms with Gasteiger partial charge in [0.2, 0.25) is 0 Å². The molecule has 2 aromatic rings. The first kappa shape index (κ1) is 10.7. The van der Waals surface area contributed by atoms with Gasteiger partial charge in [-0.2, -0.15) is 0 Å². The number of rotatable bonds is 3. The Labute approximate surface area is 104 Å². The number of hydrogen-bond donors (Lipinski definition) is 0. The van der Waals surface area contributed by atoms with E-state index in [-0.39, 0.29) is 11.7 Å². The summed E-state index contributed by atoms with van der Waals surface area (Å²) >= 11 is 1.77. The molecule has 0 fully saturated rings. The van der Waals surface area contributed by atoms with Crippen molar-refractivity contribution in [2.24, 2.45) is 0 Å². The molecule has 0 amide bonds. The zero-order valence-electron chi connectivity index (χ0n) is 9.26. The van der Waals surface area contributed by atoms with Crippen LogP contribution in [0.15, 0.2) is 52.2 Å². The van der Waals surface area contributed by atoms with Gasteiger partial charge in [0, 0.05) is 17.1 Å². The van der Waals surface area contributed by atoms with Crippen LogP contribution in [0.1, 0.15) is 17.0 Å². The van der Waals surface area contributed by atoms with E-state index in [2.05, 4.69) is 12.1 Å². The van der Waals surface area contributed by atoms with Crippen molar-refractivity contribution in [1.82, 2.24) is 0 Å². The molecule has 0 spiro atoms. The second-order valence-electron chi connectivity index (χ2n) is 4.18. The van der Waals surface area contributed by atoms with Crippen LogP contribution in [0.2, 0.25) is 0 Å². The third kappa shape index (κ3) is 2.03. The van der Waals surface area contributed by atoms with Crippen LogP contribution in [0.5, 0.6) is 0 Å². The Bertz CT molecular complexity index is 531. The molecule has 0 N–H and O–H groups in total. The average molecular weight is 244 g/mol. The topological polar surface area (TPSA) is 30.2 Å². The smallest absolute Gasteiger partial charge is 0.145 e. The van der Waals surface area contributed by atoms with Crippen LogP contribution in [0.25, 0.3) is 0 Å². The number of furan rings is 1. The summed E-state index contributed by atoms with van der Waals surface area (Å²) in [6, 6.07) is 10.0. The van der Waals surface area contributed by atoms with Gasteiger partial charge in [0.1, 0.15) is 5.78 Å². The molecule has 86 valence electrons. The zero-order valence-corrected chi connectivity index (χ0v) is 10.1. The van der Waals surface area contributed by atoms with Crippen molar-refractivity contribution in [2.75, 3.05) is 5.75 Å². The largest absolute Gasteiger partial charge is 0.472 e. The molecule has 1 atom stereocenters. The Morgan fingerprint density at radius 1 is 1.35 bits per heavy atom. The van der Waals surface area contributed by atoms with E-state index < -0.39 is 0 Å². The Kier molecular flexibility index (Phi) is 2.77. The molecule has 0 saturated carbocycles. The molecule has 1 aliphatic heterocycles. The second kappa shape index (κ2) is 4.41. The van der Waals surface area contributed by atoms with E-state index in [1.807, 2.05) is 18.2 Å². The van der Waals surface area contributed by atoms with Crippen LogP contribution in [-0.4, -0.2) is 11.5 Å². The first-order valence-electron chi connectivity index (χ1n) is 5.60. The number of fused-ring (bicyclic) bond motifs is 1. The van der Waals surface area contributed by atoms with Crippen molar-refractivity contribution in [1.29, 1.82) is 0 Å². The lowest BCUT2D eigenvalue weighted by molar-refractivity contribution is -0.119. The van der Waals surface area contributed by atoms with Gasteiger partial charge in [0.05, 0.1) is 18.4 Å². The molecule has 0 saturated heterocycles. The van der Waals surface area contributed by atoms with Crippen LogP contribution in [0.4, 0.5) is 0 Å². The van der Waals surface area contributed by atoms with Crippen LogP contribution in [-0.2, 0) is 11.2 Å². The van der Waals surface area contributed by atoms with E-state index in [9.17, 15) is 4.79 Å². The van der Waals surface area contributed by atoms with Crippen LogP contribution in [0.3, 0.4) is 0 Å². The lowest BCUT2D eigenvalue weighted by Gasteiger charge is -2.08. The summed E-state index contributed by atoms with van der Waals surface area (Å²) in [4.78, 5) is 13.5. The fourth-order valence-corrected chi connectivity index (χ4v) is 3.41. The molecular formula is C14H12O2S. The number of hydrogen-bond acceptors (Lipinski definition) is 3. The summed E-state index contributed by atoms with van der Waals surface area (Å²) in [5.41, 5.74) is 2.15. The normalized spacial score (nSPS) is 18.0. The molecule has 2 heterocycles. The molecule has 1 aromatic heterocycles. The molecule has 17 heavy (non-hydrogen) atoms. The number of benzene rings is 1. The molecule has 0 bridgehead atoms. The summed E-state index contributed by atoms with van der Waals surface area (Å²) < 4.78 is 4.99. The van der Waals surface area contributed by atoms with Gasteiger partial charge in [0.25, 0.3) is 0 Å². The minimum atomic E-state index is 0.0473. The highest BCUT2D eigenvalue weighted by Gasteiger charge is 2.28. The predicted octanol–water partition coefficient (Wildman–Crippen LogP) is 3.28. The zero-order chi connectivity index (χ0) is 11.7. The number of thioether (sulfide) groups is 1. The summed E-state index contributed by atoms with van der Waals surface area (Å²) in [5, 5.41) is 0. The van der Waals surface area contributed by atoms with Crippen molar-refractivity contribution in [3.05, 3.63) is 54.0 Å². The Morgan fingerprint density at radius 3 is 3.06 bits per heavy atom. The maximum absolute atomic E-state index is 12.2. The molecule has 0 aliphatic carbocycles. The highest BCUT2D eigenvalue weighted by atomic mass is 32.2. The fraction of sp³-hybridized carbons (Fsp3) is 0.214. The highest BCUT2D eigenvalue weighted by Crippen LogP contribution is 2.40. The Hall–Kier alpha value is -1.48. The van der Waals surface area contributed by atoms with E-state index in [1.165, 1.54) is 10.5 Å². The molecule has 1 aromatic carbocycles. The Balaban J connectivity index is 1.80. The lowest BCUT2D eigenvalue weighted by Crippen LogP contribution is -2.14. The van der Waals surface area contributed by atoms with Crippen LogP contribution < -0.4 is 0 Å². The SMILES string of the molecule is O=C(Cc1ccoc1)C1CSc2ccccc21. The summed E-state index contributed by atoms with van der Waals surface area (Å²) in [6.07, 6.45) is 3.72. The Morgan fingerprint density at radius 2 is 2.24 bits per heavy atom. The van der Waals surface area contributed by atoms with E-state index in [1.54, 1.807) is 24.3 Å².